The molecule has 0 aliphatic rings. The number of hydrogen-bond acceptors (Lipinski definition) is 2. The molecule has 68 valence electrons. The zero-order chi connectivity index (χ0) is 9.68. The van der Waals surface area contributed by atoms with Crippen LogP contribution < -0.4 is 5.73 Å². The second kappa shape index (κ2) is 4.58. The number of benzene rings is 1. The molecule has 3 heteroatoms. The topological polar surface area (TPSA) is 49.8 Å². The van der Waals surface area contributed by atoms with Crippen LogP contribution in [0.3, 0.4) is 0 Å². The molecule has 2 nitrogen and oxygen atoms in total. The van der Waals surface area contributed by atoms with Crippen LogP contribution in [-0.4, -0.2) is 6.54 Å². The lowest BCUT2D eigenvalue weighted by atomic mass is 9.97. The molecule has 13 heavy (non-hydrogen) atoms. The third kappa shape index (κ3) is 2.27. The molecule has 0 amide bonds. The minimum atomic E-state index is -0.425. The van der Waals surface area contributed by atoms with Crippen LogP contribution >= 0.6 is 0 Å². The average Bonchev–Trinajstić information content (AvgIpc) is 2.16. The zero-order valence-corrected chi connectivity index (χ0v) is 7.20. The fourth-order valence-corrected chi connectivity index (χ4v) is 1.21. The van der Waals surface area contributed by atoms with Gasteiger partial charge in [0.1, 0.15) is 5.82 Å². The van der Waals surface area contributed by atoms with Gasteiger partial charge in [0, 0.05) is 5.56 Å². The quantitative estimate of drug-likeness (QED) is 0.767. The van der Waals surface area contributed by atoms with Crippen molar-refractivity contribution < 1.29 is 4.39 Å². The monoisotopic (exact) mass is 178 g/mol. The van der Waals surface area contributed by atoms with Gasteiger partial charge in [-0.25, -0.2) is 4.39 Å². The van der Waals surface area contributed by atoms with Crippen molar-refractivity contribution in [2.75, 3.05) is 6.54 Å². The molecule has 1 aromatic carbocycles. The Morgan fingerprint density at radius 1 is 1.46 bits per heavy atom. The number of halogens is 1. The summed E-state index contributed by atoms with van der Waals surface area (Å²) in [4.78, 5) is 0. The maximum absolute atomic E-state index is 13.2. The first-order valence-electron chi connectivity index (χ1n) is 4.13. The SMILES string of the molecule is N#CC(CCN)c1ccccc1F. The summed E-state index contributed by atoms with van der Waals surface area (Å²) in [5, 5.41) is 8.76. The zero-order valence-electron chi connectivity index (χ0n) is 7.20. The average molecular weight is 178 g/mol. The summed E-state index contributed by atoms with van der Waals surface area (Å²) in [6, 6.07) is 8.35. The fraction of sp³-hybridized carbons (Fsp3) is 0.300. The molecule has 1 atom stereocenters. The van der Waals surface area contributed by atoms with E-state index >= 15 is 0 Å². The molecule has 0 saturated carbocycles. The first-order chi connectivity index (χ1) is 6.29. The Bertz CT molecular complexity index is 317. The molecule has 0 aromatic heterocycles. The maximum Gasteiger partial charge on any atom is 0.127 e. The van der Waals surface area contributed by atoms with Gasteiger partial charge in [-0.2, -0.15) is 5.26 Å². The van der Waals surface area contributed by atoms with Crippen LogP contribution in [0.5, 0.6) is 0 Å². The van der Waals surface area contributed by atoms with Gasteiger partial charge >= 0.3 is 0 Å². The lowest BCUT2D eigenvalue weighted by Crippen LogP contribution is -2.07. The molecule has 0 bridgehead atoms. The van der Waals surface area contributed by atoms with Crippen LogP contribution in [0.15, 0.2) is 24.3 Å². The molecule has 0 heterocycles. The molecule has 0 saturated heterocycles. The van der Waals surface area contributed by atoms with E-state index in [4.69, 9.17) is 11.0 Å². The molecule has 0 radical (unpaired) electrons. The van der Waals surface area contributed by atoms with E-state index in [0.717, 1.165) is 0 Å². The summed E-state index contributed by atoms with van der Waals surface area (Å²) in [7, 11) is 0. The van der Waals surface area contributed by atoms with E-state index in [0.29, 0.717) is 18.5 Å². The second-order valence-corrected chi connectivity index (χ2v) is 2.78. The van der Waals surface area contributed by atoms with Crippen molar-refractivity contribution in [3.8, 4) is 6.07 Å². The first kappa shape index (κ1) is 9.69. The molecule has 1 aromatic rings. The first-order valence-corrected chi connectivity index (χ1v) is 4.13. The lowest BCUT2D eigenvalue weighted by Gasteiger charge is -2.07. The lowest BCUT2D eigenvalue weighted by molar-refractivity contribution is 0.594. The predicted octanol–water partition coefficient (Wildman–Crippen LogP) is 1.78. The third-order valence-corrected chi connectivity index (χ3v) is 1.89. The van der Waals surface area contributed by atoms with Gasteiger partial charge in [0.05, 0.1) is 12.0 Å². The molecule has 1 rings (SSSR count). The van der Waals surface area contributed by atoms with Gasteiger partial charge in [-0.15, -0.1) is 0 Å². The highest BCUT2D eigenvalue weighted by Gasteiger charge is 2.12. The van der Waals surface area contributed by atoms with Crippen molar-refractivity contribution in [2.45, 2.75) is 12.3 Å². The third-order valence-electron chi connectivity index (χ3n) is 1.89. The second-order valence-electron chi connectivity index (χ2n) is 2.78. The van der Waals surface area contributed by atoms with E-state index in [1.54, 1.807) is 18.2 Å². The standard InChI is InChI=1S/C10H11FN2/c11-10-4-2-1-3-9(10)8(7-13)5-6-12/h1-4,8H,5-6,12H2. The van der Waals surface area contributed by atoms with Gasteiger partial charge in [-0.05, 0) is 19.0 Å². The van der Waals surface area contributed by atoms with Crippen molar-refractivity contribution >= 4 is 0 Å². The van der Waals surface area contributed by atoms with E-state index in [2.05, 4.69) is 0 Å². The highest BCUT2D eigenvalue weighted by molar-refractivity contribution is 5.26. The van der Waals surface area contributed by atoms with Gasteiger partial charge in [0.2, 0.25) is 0 Å². The number of nitriles is 1. The van der Waals surface area contributed by atoms with Crippen LogP contribution in [-0.2, 0) is 0 Å². The highest BCUT2D eigenvalue weighted by Crippen LogP contribution is 2.20. The van der Waals surface area contributed by atoms with Gasteiger partial charge in [0.15, 0.2) is 0 Å². The van der Waals surface area contributed by atoms with Gasteiger partial charge in [0.25, 0.3) is 0 Å². The van der Waals surface area contributed by atoms with Crippen molar-refractivity contribution in [2.24, 2.45) is 5.73 Å². The molecule has 0 aliphatic carbocycles. The van der Waals surface area contributed by atoms with Crippen molar-refractivity contribution in [3.05, 3.63) is 35.6 Å². The molecule has 2 N–H and O–H groups in total. The minimum absolute atomic E-state index is 0.331. The normalized spacial score (nSPS) is 12.1. The van der Waals surface area contributed by atoms with E-state index in [9.17, 15) is 4.39 Å². The van der Waals surface area contributed by atoms with Crippen LogP contribution in [0.2, 0.25) is 0 Å². The summed E-state index contributed by atoms with van der Waals surface area (Å²) in [6.45, 7) is 0.395. The Morgan fingerprint density at radius 2 is 2.15 bits per heavy atom. The minimum Gasteiger partial charge on any atom is -0.330 e. The molecular formula is C10H11FN2. The predicted molar refractivity (Wildman–Crippen MR) is 48.4 cm³/mol. The molecule has 0 spiro atoms. The van der Waals surface area contributed by atoms with Crippen LogP contribution in [0, 0.1) is 17.1 Å². The molecule has 0 aliphatic heterocycles. The van der Waals surface area contributed by atoms with Crippen LogP contribution in [0.25, 0.3) is 0 Å². The summed E-state index contributed by atoms with van der Waals surface area (Å²) in [5.41, 5.74) is 5.76. The number of rotatable bonds is 3. The molecule has 1 unspecified atom stereocenters. The van der Waals surface area contributed by atoms with Crippen molar-refractivity contribution in [3.63, 3.8) is 0 Å². The Hall–Kier alpha value is -1.40. The Labute approximate surface area is 76.8 Å². The van der Waals surface area contributed by atoms with Crippen molar-refractivity contribution in [1.29, 1.82) is 5.26 Å². The van der Waals surface area contributed by atoms with Crippen LogP contribution in [0.1, 0.15) is 17.9 Å². The summed E-state index contributed by atoms with van der Waals surface area (Å²) >= 11 is 0. The van der Waals surface area contributed by atoms with E-state index in [1.165, 1.54) is 6.07 Å². The Kier molecular flexibility index (Phi) is 3.41. The van der Waals surface area contributed by atoms with E-state index < -0.39 is 5.92 Å². The smallest absolute Gasteiger partial charge is 0.127 e. The number of nitrogens with zero attached hydrogens (tertiary/aromatic N) is 1. The van der Waals surface area contributed by atoms with E-state index in [-0.39, 0.29) is 5.82 Å². The number of hydrogen-bond donors (Lipinski definition) is 1. The summed E-state index contributed by atoms with van der Waals surface area (Å²) < 4.78 is 13.2. The maximum atomic E-state index is 13.2. The Balaban J connectivity index is 2.92. The fourth-order valence-electron chi connectivity index (χ4n) is 1.21. The van der Waals surface area contributed by atoms with Gasteiger partial charge < -0.3 is 5.73 Å². The summed E-state index contributed by atoms with van der Waals surface area (Å²) in [5.74, 6) is -0.756. The Morgan fingerprint density at radius 3 is 2.69 bits per heavy atom. The van der Waals surface area contributed by atoms with E-state index in [1.807, 2.05) is 6.07 Å². The molecule has 0 fully saturated rings. The van der Waals surface area contributed by atoms with Gasteiger partial charge in [-0.1, -0.05) is 18.2 Å². The largest absolute Gasteiger partial charge is 0.330 e. The molecular weight excluding hydrogens is 167 g/mol. The summed E-state index contributed by atoms with van der Waals surface area (Å²) in [6.07, 6.45) is 0.497. The van der Waals surface area contributed by atoms with Crippen molar-refractivity contribution in [1.82, 2.24) is 0 Å². The number of nitrogens with two attached hydrogens (primary N) is 1. The van der Waals surface area contributed by atoms with Crippen LogP contribution in [0.4, 0.5) is 4.39 Å². The highest BCUT2D eigenvalue weighted by atomic mass is 19.1. The van der Waals surface area contributed by atoms with Gasteiger partial charge in [-0.3, -0.25) is 0 Å².